The van der Waals surface area contributed by atoms with Crippen LogP contribution in [0.4, 0.5) is 0 Å². The van der Waals surface area contributed by atoms with E-state index in [4.69, 9.17) is 0 Å². The molecule has 2 nitrogen and oxygen atoms in total. The van der Waals surface area contributed by atoms with E-state index in [9.17, 15) is 0 Å². The van der Waals surface area contributed by atoms with Crippen molar-refractivity contribution in [1.29, 1.82) is 0 Å². The summed E-state index contributed by atoms with van der Waals surface area (Å²) in [5.41, 5.74) is 9.52. The summed E-state index contributed by atoms with van der Waals surface area (Å²) in [4.78, 5) is 0. The van der Waals surface area contributed by atoms with E-state index in [1.165, 1.54) is 80.0 Å². The lowest BCUT2D eigenvalue weighted by atomic mass is 9.90. The second-order valence-corrected chi connectivity index (χ2v) is 18.0. The number of fused-ring (bicyclic) bond motifs is 4. The van der Waals surface area contributed by atoms with Crippen LogP contribution in [-0.2, 0) is 7.05 Å². The van der Waals surface area contributed by atoms with Crippen LogP contribution in [-0.4, -0.2) is 12.6 Å². The number of nitrogens with zero attached hydrogens (tertiary/aromatic N) is 2. The maximum absolute atomic E-state index is 2.57. The molecule has 0 aliphatic carbocycles. The van der Waals surface area contributed by atoms with Gasteiger partial charge in [0.25, 0.3) is 0 Å². The first-order chi connectivity index (χ1) is 17.6. The standard InChI is InChI=1S/C34H41N2Si/c1-22(2)36-32-11-9-8-10-29(32)31-18-23(3)30(21-33(31)36)34-28-13-12-26(20-27(28)19-24(4)35(34)5)25-14-16-37(6,7)17-15-25/h8-13,18-22,25H,14-17H2,1-7H3/q+1. The molecule has 0 atom stereocenters. The molecule has 0 radical (unpaired) electrons. The Bertz CT molecular complexity index is 1660. The third kappa shape index (κ3) is 4.03. The SMILES string of the molecule is Cc1cc2c3ccccc3n(C(C)C)c2cc1-c1c2ccc(C3CC[Si](C)(C)CC3)cc2cc(C)[n+]1C. The van der Waals surface area contributed by atoms with Gasteiger partial charge >= 0.3 is 0 Å². The zero-order valence-corrected chi connectivity index (χ0v) is 24.7. The van der Waals surface area contributed by atoms with Crippen molar-refractivity contribution in [2.24, 2.45) is 7.05 Å². The lowest BCUT2D eigenvalue weighted by molar-refractivity contribution is -0.665. The van der Waals surface area contributed by atoms with Gasteiger partial charge in [0.1, 0.15) is 7.05 Å². The van der Waals surface area contributed by atoms with Gasteiger partial charge < -0.3 is 4.57 Å². The number of pyridine rings is 1. The van der Waals surface area contributed by atoms with E-state index in [2.05, 4.69) is 118 Å². The van der Waals surface area contributed by atoms with Crippen LogP contribution < -0.4 is 4.57 Å². The van der Waals surface area contributed by atoms with Crippen molar-refractivity contribution in [3.8, 4) is 11.3 Å². The van der Waals surface area contributed by atoms with Gasteiger partial charge in [0.15, 0.2) is 5.69 Å². The van der Waals surface area contributed by atoms with E-state index in [0.29, 0.717) is 6.04 Å². The molecule has 190 valence electrons. The van der Waals surface area contributed by atoms with E-state index in [-0.39, 0.29) is 0 Å². The van der Waals surface area contributed by atoms with Crippen molar-refractivity contribution in [3.05, 3.63) is 77.5 Å². The molecule has 0 unspecified atom stereocenters. The number of hydrogen-bond acceptors (Lipinski definition) is 0. The van der Waals surface area contributed by atoms with Crippen molar-refractivity contribution >= 4 is 40.7 Å². The van der Waals surface area contributed by atoms with Gasteiger partial charge in [-0.05, 0) is 80.3 Å². The van der Waals surface area contributed by atoms with Crippen molar-refractivity contribution < 1.29 is 4.57 Å². The van der Waals surface area contributed by atoms with Gasteiger partial charge in [-0.15, -0.1) is 0 Å². The first-order valence-corrected chi connectivity index (χ1v) is 17.5. The molecule has 2 aromatic heterocycles. The summed E-state index contributed by atoms with van der Waals surface area (Å²) in [6.45, 7) is 14.3. The second kappa shape index (κ2) is 8.84. The first kappa shape index (κ1) is 24.4. The first-order valence-electron chi connectivity index (χ1n) is 14.1. The zero-order valence-electron chi connectivity index (χ0n) is 23.7. The average Bonchev–Trinajstić information content (AvgIpc) is 3.18. The van der Waals surface area contributed by atoms with Crippen molar-refractivity contribution in [2.75, 3.05) is 0 Å². The molecule has 0 spiro atoms. The van der Waals surface area contributed by atoms with Crippen molar-refractivity contribution in [3.63, 3.8) is 0 Å². The molecule has 0 saturated carbocycles. The summed E-state index contributed by atoms with van der Waals surface area (Å²) >= 11 is 0. The van der Waals surface area contributed by atoms with Gasteiger partial charge in [-0.2, -0.15) is 4.57 Å². The molecule has 0 N–H and O–H groups in total. The summed E-state index contributed by atoms with van der Waals surface area (Å²) in [7, 11) is 1.28. The van der Waals surface area contributed by atoms with Crippen LogP contribution in [0.3, 0.4) is 0 Å². The monoisotopic (exact) mass is 505 g/mol. The molecule has 1 aliphatic heterocycles. The van der Waals surface area contributed by atoms with E-state index in [1.54, 1.807) is 5.56 Å². The van der Waals surface area contributed by atoms with Gasteiger partial charge in [-0.3, -0.25) is 0 Å². The normalized spacial score (nSPS) is 16.4. The highest BCUT2D eigenvalue weighted by molar-refractivity contribution is 6.77. The molecule has 37 heavy (non-hydrogen) atoms. The van der Waals surface area contributed by atoms with Crippen molar-refractivity contribution in [1.82, 2.24) is 4.57 Å². The molecule has 3 heterocycles. The van der Waals surface area contributed by atoms with Crippen LogP contribution in [0.25, 0.3) is 43.8 Å². The molecular formula is C34H41N2Si+. The predicted octanol–water partition coefficient (Wildman–Crippen LogP) is 9.22. The molecule has 6 rings (SSSR count). The number of benzene rings is 3. The number of aryl methyl sites for hydroxylation is 2. The lowest BCUT2D eigenvalue weighted by Crippen LogP contribution is -2.35. The van der Waals surface area contributed by atoms with Crippen LogP contribution in [0.15, 0.2) is 60.7 Å². The second-order valence-electron chi connectivity index (χ2n) is 12.6. The smallest absolute Gasteiger partial charge is 0.220 e. The quantitative estimate of drug-likeness (QED) is 0.171. The highest BCUT2D eigenvalue weighted by Crippen LogP contribution is 2.41. The van der Waals surface area contributed by atoms with Gasteiger partial charge in [-0.1, -0.05) is 55.5 Å². The van der Waals surface area contributed by atoms with Gasteiger partial charge in [0.2, 0.25) is 5.69 Å². The van der Waals surface area contributed by atoms with Crippen LogP contribution in [0.1, 0.15) is 55.5 Å². The number of aromatic nitrogens is 2. The number of para-hydroxylation sites is 1. The Balaban J connectivity index is 1.56. The minimum atomic E-state index is -0.948. The van der Waals surface area contributed by atoms with E-state index < -0.39 is 8.07 Å². The average molecular weight is 506 g/mol. The zero-order chi connectivity index (χ0) is 26.1. The maximum atomic E-state index is 2.57. The van der Waals surface area contributed by atoms with E-state index in [1.807, 2.05) is 0 Å². The van der Waals surface area contributed by atoms with Gasteiger partial charge in [0, 0.05) is 43.4 Å². The summed E-state index contributed by atoms with van der Waals surface area (Å²) in [6.07, 6.45) is 2.74. The predicted molar refractivity (Wildman–Crippen MR) is 162 cm³/mol. The summed E-state index contributed by atoms with van der Waals surface area (Å²) in [5.74, 6) is 0.725. The van der Waals surface area contributed by atoms with Gasteiger partial charge in [-0.25, -0.2) is 0 Å². The fraction of sp³-hybridized carbons (Fsp3) is 0.382. The third-order valence-electron chi connectivity index (χ3n) is 9.20. The highest BCUT2D eigenvalue weighted by atomic mass is 28.3. The van der Waals surface area contributed by atoms with Crippen LogP contribution in [0.2, 0.25) is 25.2 Å². The summed E-state index contributed by atoms with van der Waals surface area (Å²) in [5, 5.41) is 5.45. The fourth-order valence-corrected chi connectivity index (χ4v) is 9.38. The Kier molecular flexibility index (Phi) is 5.83. The summed E-state index contributed by atoms with van der Waals surface area (Å²) < 4.78 is 4.91. The Morgan fingerprint density at radius 3 is 2.30 bits per heavy atom. The van der Waals surface area contributed by atoms with E-state index in [0.717, 1.165) is 5.92 Å². The Hall–Kier alpha value is -2.91. The number of hydrogen-bond donors (Lipinski definition) is 0. The molecule has 1 saturated heterocycles. The van der Waals surface area contributed by atoms with Crippen LogP contribution in [0, 0.1) is 13.8 Å². The maximum Gasteiger partial charge on any atom is 0.220 e. The molecular weight excluding hydrogens is 464 g/mol. The third-order valence-corrected chi connectivity index (χ3v) is 12.5. The van der Waals surface area contributed by atoms with Gasteiger partial charge in [0.05, 0.1) is 16.5 Å². The Labute approximate surface area is 223 Å². The molecule has 3 aromatic carbocycles. The molecule has 0 bridgehead atoms. The minimum Gasteiger partial charge on any atom is -0.338 e. The molecule has 0 amide bonds. The highest BCUT2D eigenvalue weighted by Gasteiger charge is 2.30. The van der Waals surface area contributed by atoms with E-state index >= 15 is 0 Å². The molecule has 1 aliphatic rings. The number of rotatable bonds is 3. The minimum absolute atomic E-state index is 0.395. The summed E-state index contributed by atoms with van der Waals surface area (Å²) in [6, 6.07) is 26.8. The molecule has 5 aromatic rings. The molecule has 3 heteroatoms. The Morgan fingerprint density at radius 1 is 0.838 bits per heavy atom. The van der Waals surface area contributed by atoms with Crippen molar-refractivity contribution in [2.45, 2.75) is 77.7 Å². The fourth-order valence-electron chi connectivity index (χ4n) is 6.87. The molecule has 1 fully saturated rings. The van der Waals surface area contributed by atoms with Crippen LogP contribution >= 0.6 is 0 Å². The Morgan fingerprint density at radius 2 is 1.57 bits per heavy atom. The lowest BCUT2D eigenvalue weighted by Gasteiger charge is -2.33. The largest absolute Gasteiger partial charge is 0.338 e. The van der Waals surface area contributed by atoms with Crippen LogP contribution in [0.5, 0.6) is 0 Å². The topological polar surface area (TPSA) is 8.81 Å².